The highest BCUT2D eigenvalue weighted by molar-refractivity contribution is 6.06. The molecular formula is C17H14F2N2O2. The monoisotopic (exact) mass is 316 g/mol. The molecule has 1 aliphatic heterocycles. The number of hydrogen-bond acceptors (Lipinski definition) is 2. The molecule has 0 fully saturated rings. The number of fused-ring (bicyclic) bond motifs is 1. The lowest BCUT2D eigenvalue weighted by Crippen LogP contribution is -2.44. The van der Waals surface area contributed by atoms with E-state index in [1.54, 1.807) is 12.1 Å². The van der Waals surface area contributed by atoms with Gasteiger partial charge in [0.1, 0.15) is 17.7 Å². The second-order valence-corrected chi connectivity index (χ2v) is 5.35. The number of nitrogens with zero attached hydrogens (tertiary/aromatic N) is 1. The third-order valence-corrected chi connectivity index (χ3v) is 3.81. The number of amides is 2. The Bertz CT molecular complexity index is 792. The van der Waals surface area contributed by atoms with Crippen LogP contribution in [0.5, 0.6) is 0 Å². The van der Waals surface area contributed by atoms with Gasteiger partial charge >= 0.3 is 0 Å². The fraction of sp³-hybridized carbons (Fsp3) is 0.176. The van der Waals surface area contributed by atoms with Crippen LogP contribution in [0.3, 0.4) is 0 Å². The van der Waals surface area contributed by atoms with Crippen molar-refractivity contribution in [1.29, 1.82) is 0 Å². The van der Waals surface area contributed by atoms with E-state index in [0.29, 0.717) is 18.2 Å². The van der Waals surface area contributed by atoms with Gasteiger partial charge in [0.2, 0.25) is 11.8 Å². The second-order valence-electron chi connectivity index (χ2n) is 5.35. The van der Waals surface area contributed by atoms with Gasteiger partial charge in [-0.2, -0.15) is 0 Å². The quantitative estimate of drug-likeness (QED) is 0.926. The van der Waals surface area contributed by atoms with Crippen LogP contribution in [0.25, 0.3) is 0 Å². The van der Waals surface area contributed by atoms with Gasteiger partial charge < -0.3 is 5.32 Å². The Balaban J connectivity index is 1.86. The molecule has 0 saturated carbocycles. The summed E-state index contributed by atoms with van der Waals surface area (Å²) in [7, 11) is 0. The van der Waals surface area contributed by atoms with Gasteiger partial charge in [0.25, 0.3) is 0 Å². The van der Waals surface area contributed by atoms with Gasteiger partial charge in [-0.25, -0.2) is 8.78 Å². The average molecular weight is 316 g/mol. The molecule has 0 bridgehead atoms. The maximum atomic E-state index is 13.7. The van der Waals surface area contributed by atoms with Crippen LogP contribution in [-0.4, -0.2) is 17.9 Å². The first-order chi connectivity index (χ1) is 11.0. The van der Waals surface area contributed by atoms with E-state index in [1.807, 2.05) is 12.1 Å². The molecule has 1 heterocycles. The molecule has 118 valence electrons. The molecule has 2 aromatic carbocycles. The van der Waals surface area contributed by atoms with Gasteiger partial charge in [-0.15, -0.1) is 0 Å². The van der Waals surface area contributed by atoms with Crippen molar-refractivity contribution in [2.24, 2.45) is 0 Å². The molecule has 0 spiro atoms. The minimum absolute atomic E-state index is 0.115. The minimum atomic E-state index is -0.858. The molecular weight excluding hydrogens is 302 g/mol. The third-order valence-electron chi connectivity index (χ3n) is 3.81. The van der Waals surface area contributed by atoms with E-state index in [1.165, 1.54) is 11.8 Å². The largest absolute Gasteiger partial charge is 0.322 e. The zero-order chi connectivity index (χ0) is 16.6. The van der Waals surface area contributed by atoms with Gasteiger partial charge in [0.15, 0.2) is 0 Å². The summed E-state index contributed by atoms with van der Waals surface area (Å²) >= 11 is 0. The smallest absolute Gasteiger partial charge is 0.247 e. The van der Waals surface area contributed by atoms with Crippen LogP contribution >= 0.6 is 0 Å². The molecule has 6 heteroatoms. The number of carbonyl (C=O) groups is 2. The van der Waals surface area contributed by atoms with Gasteiger partial charge in [-0.1, -0.05) is 18.2 Å². The first-order valence-corrected chi connectivity index (χ1v) is 7.11. The lowest BCUT2D eigenvalue weighted by Gasteiger charge is -2.23. The summed E-state index contributed by atoms with van der Waals surface area (Å²) in [6.45, 7) is 1.38. The van der Waals surface area contributed by atoms with Crippen LogP contribution in [0.4, 0.5) is 20.2 Å². The highest BCUT2D eigenvalue weighted by Crippen LogP contribution is 2.32. The van der Waals surface area contributed by atoms with E-state index in [9.17, 15) is 18.4 Å². The molecule has 0 aromatic heterocycles. The topological polar surface area (TPSA) is 49.4 Å². The van der Waals surface area contributed by atoms with Crippen LogP contribution in [0, 0.1) is 11.6 Å². The average Bonchev–Trinajstić information content (AvgIpc) is 2.89. The van der Waals surface area contributed by atoms with Gasteiger partial charge in [-0.3, -0.25) is 14.5 Å². The van der Waals surface area contributed by atoms with Crippen LogP contribution in [0.1, 0.15) is 12.5 Å². The maximum Gasteiger partial charge on any atom is 0.247 e. The van der Waals surface area contributed by atoms with Crippen molar-refractivity contribution in [3.05, 3.63) is 59.7 Å². The molecule has 1 atom stereocenters. The Morgan fingerprint density at radius 1 is 1.17 bits per heavy atom. The van der Waals surface area contributed by atoms with E-state index in [4.69, 9.17) is 0 Å². The highest BCUT2D eigenvalue weighted by Gasteiger charge is 2.36. The van der Waals surface area contributed by atoms with Crippen LogP contribution in [-0.2, 0) is 16.0 Å². The summed E-state index contributed by atoms with van der Waals surface area (Å²) in [4.78, 5) is 25.8. The third kappa shape index (κ3) is 2.79. The predicted octanol–water partition coefficient (Wildman–Crippen LogP) is 2.88. The van der Waals surface area contributed by atoms with Gasteiger partial charge in [0, 0.05) is 25.1 Å². The molecule has 2 amide bonds. The number of anilines is 2. The standard InChI is InChI=1S/C17H14F2N2O2/c1-10(22)21-15-5-3-2-4-11(15)8-16(21)17(23)20-14-7-6-12(18)9-13(14)19/h2-7,9,16H,8H2,1H3,(H,20,23)/t16-/m0/s1. The zero-order valence-electron chi connectivity index (χ0n) is 12.3. The van der Waals surface area contributed by atoms with E-state index >= 15 is 0 Å². The van der Waals surface area contributed by atoms with Crippen molar-refractivity contribution in [3.8, 4) is 0 Å². The van der Waals surface area contributed by atoms with E-state index < -0.39 is 23.6 Å². The Labute approximate surface area is 131 Å². The van der Waals surface area contributed by atoms with Crippen molar-refractivity contribution in [2.75, 3.05) is 10.2 Å². The Hall–Kier alpha value is -2.76. The minimum Gasteiger partial charge on any atom is -0.322 e. The van der Waals surface area contributed by atoms with Crippen molar-refractivity contribution < 1.29 is 18.4 Å². The fourth-order valence-electron chi connectivity index (χ4n) is 2.79. The Kier molecular flexibility index (Phi) is 3.82. The van der Waals surface area contributed by atoms with Crippen molar-refractivity contribution in [2.45, 2.75) is 19.4 Å². The van der Waals surface area contributed by atoms with Gasteiger partial charge in [0.05, 0.1) is 5.69 Å². The summed E-state index contributed by atoms with van der Waals surface area (Å²) in [6, 6.07) is 9.38. The molecule has 0 saturated heterocycles. The van der Waals surface area contributed by atoms with E-state index in [2.05, 4.69) is 5.32 Å². The summed E-state index contributed by atoms with van der Waals surface area (Å²) in [5.74, 6) is -2.36. The SMILES string of the molecule is CC(=O)N1c2ccccc2C[C@H]1C(=O)Nc1ccc(F)cc1F. The molecule has 0 unspecified atom stereocenters. The van der Waals surface area contributed by atoms with Crippen LogP contribution < -0.4 is 10.2 Å². The van der Waals surface area contributed by atoms with Gasteiger partial charge in [-0.05, 0) is 23.8 Å². The number of rotatable bonds is 2. The Morgan fingerprint density at radius 3 is 2.61 bits per heavy atom. The highest BCUT2D eigenvalue weighted by atomic mass is 19.1. The maximum absolute atomic E-state index is 13.7. The number of halogens is 2. The fourth-order valence-corrected chi connectivity index (χ4v) is 2.79. The number of carbonyl (C=O) groups excluding carboxylic acids is 2. The number of para-hydroxylation sites is 1. The second kappa shape index (κ2) is 5.79. The first-order valence-electron chi connectivity index (χ1n) is 7.11. The van der Waals surface area contributed by atoms with E-state index in [-0.39, 0.29) is 11.6 Å². The van der Waals surface area contributed by atoms with Crippen LogP contribution in [0.2, 0.25) is 0 Å². The molecule has 3 rings (SSSR count). The molecule has 4 nitrogen and oxygen atoms in total. The molecule has 0 aliphatic carbocycles. The zero-order valence-corrected chi connectivity index (χ0v) is 12.3. The van der Waals surface area contributed by atoms with Crippen molar-refractivity contribution in [1.82, 2.24) is 0 Å². The molecule has 23 heavy (non-hydrogen) atoms. The number of nitrogens with one attached hydrogen (secondary N) is 1. The summed E-state index contributed by atoms with van der Waals surface area (Å²) in [5, 5.41) is 2.42. The molecule has 1 N–H and O–H groups in total. The molecule has 2 aromatic rings. The summed E-state index contributed by atoms with van der Waals surface area (Å²) in [6.07, 6.45) is 0.352. The number of hydrogen-bond donors (Lipinski definition) is 1. The van der Waals surface area contributed by atoms with Crippen molar-refractivity contribution in [3.63, 3.8) is 0 Å². The lowest BCUT2D eigenvalue weighted by molar-refractivity contribution is -0.122. The normalized spacial score (nSPS) is 16.1. The first kappa shape index (κ1) is 15.1. The van der Waals surface area contributed by atoms with E-state index in [0.717, 1.165) is 17.7 Å². The molecule has 0 radical (unpaired) electrons. The molecule has 1 aliphatic rings. The Morgan fingerprint density at radius 2 is 1.91 bits per heavy atom. The summed E-state index contributed by atoms with van der Waals surface area (Å²) in [5.41, 5.74) is 1.44. The van der Waals surface area contributed by atoms with Crippen LogP contribution in [0.15, 0.2) is 42.5 Å². The summed E-state index contributed by atoms with van der Waals surface area (Å²) < 4.78 is 26.6. The number of benzene rings is 2. The predicted molar refractivity (Wildman–Crippen MR) is 82.1 cm³/mol. The lowest BCUT2D eigenvalue weighted by atomic mass is 10.1. The van der Waals surface area contributed by atoms with Crippen molar-refractivity contribution >= 4 is 23.2 Å².